The van der Waals surface area contributed by atoms with Crippen LogP contribution in [-0.4, -0.2) is 18.5 Å². The maximum Gasteiger partial charge on any atom is 0.0991 e. The minimum atomic E-state index is -1.41. The number of rotatable bonds is 12. The van der Waals surface area contributed by atoms with Gasteiger partial charge in [-0.1, -0.05) is 110 Å². The highest BCUT2D eigenvalue weighted by Gasteiger charge is 2.41. The predicted molar refractivity (Wildman–Crippen MR) is 167 cm³/mol. The van der Waals surface area contributed by atoms with E-state index < -0.39 is 7.26 Å². The Morgan fingerprint density at radius 1 is 0.514 bits per heavy atom. The van der Waals surface area contributed by atoms with Gasteiger partial charge in [0.1, 0.15) is 0 Å². The summed E-state index contributed by atoms with van der Waals surface area (Å²) >= 11 is 0. The zero-order valence-corrected chi connectivity index (χ0v) is 24.3. The van der Waals surface area contributed by atoms with Crippen molar-refractivity contribution in [3.8, 4) is 0 Å². The molecule has 0 aliphatic heterocycles. The molecule has 182 valence electrons. The van der Waals surface area contributed by atoms with E-state index >= 15 is 0 Å². The molecule has 0 spiro atoms. The Bertz CT molecular complexity index is 1010. The summed E-state index contributed by atoms with van der Waals surface area (Å²) in [5.74, 6) is 0. The Morgan fingerprint density at radius 3 is 1.34 bits per heavy atom. The SMILES string of the molecule is Br.CCCC[P+](CCCCP(c1ccccc1)c1ccccc1)(c1ccccc1)c1ccccc1. The quantitative estimate of drug-likeness (QED) is 0.121. The van der Waals surface area contributed by atoms with Crippen LogP contribution in [0.2, 0.25) is 0 Å². The fraction of sp³-hybridized carbons (Fsp3) is 0.250. The summed E-state index contributed by atoms with van der Waals surface area (Å²) in [5.41, 5.74) is 0. The molecule has 0 N–H and O–H groups in total. The maximum atomic E-state index is 2.40. The van der Waals surface area contributed by atoms with Crippen molar-refractivity contribution >= 4 is 53.4 Å². The molecular weight excluding hydrogens is 526 g/mol. The van der Waals surface area contributed by atoms with Gasteiger partial charge in [-0.3, -0.25) is 0 Å². The first-order chi connectivity index (χ1) is 16.8. The standard InChI is InChI=1S/C32H37P2.BrH/c1-2-3-27-34(31-22-12-6-13-23-31,32-24-14-7-15-25-32)28-17-16-26-33(29-18-8-4-9-19-29)30-20-10-5-11-21-30;/h4-15,18-25H,2-3,16-17,26-28H2,1H3;1H/q+1;. The van der Waals surface area contributed by atoms with E-state index in [1.165, 1.54) is 54.8 Å². The van der Waals surface area contributed by atoms with Crippen LogP contribution in [0.3, 0.4) is 0 Å². The Hall–Kier alpha value is -1.78. The lowest BCUT2D eigenvalue weighted by Gasteiger charge is -2.28. The Labute approximate surface area is 225 Å². The molecule has 0 heterocycles. The fourth-order valence-corrected chi connectivity index (χ4v) is 12.0. The van der Waals surface area contributed by atoms with E-state index in [0.717, 1.165) is 0 Å². The molecule has 0 saturated carbocycles. The van der Waals surface area contributed by atoms with Gasteiger partial charge in [-0.2, -0.15) is 0 Å². The summed E-state index contributed by atoms with van der Waals surface area (Å²) in [6.45, 7) is 2.33. The minimum absolute atomic E-state index is 0. The van der Waals surface area contributed by atoms with Crippen molar-refractivity contribution in [3.63, 3.8) is 0 Å². The van der Waals surface area contributed by atoms with Crippen LogP contribution >= 0.6 is 32.2 Å². The molecule has 0 unspecified atom stereocenters. The average Bonchev–Trinajstić information content (AvgIpc) is 2.92. The molecule has 35 heavy (non-hydrogen) atoms. The lowest BCUT2D eigenvalue weighted by Crippen LogP contribution is -2.27. The monoisotopic (exact) mass is 563 g/mol. The van der Waals surface area contributed by atoms with Crippen LogP contribution in [-0.2, 0) is 0 Å². The third-order valence-electron chi connectivity index (χ3n) is 6.70. The molecule has 0 nitrogen and oxygen atoms in total. The number of benzene rings is 4. The predicted octanol–water partition coefficient (Wildman–Crippen LogP) is 7.95. The lowest BCUT2D eigenvalue weighted by atomic mass is 10.3. The Kier molecular flexibility index (Phi) is 11.7. The van der Waals surface area contributed by atoms with Gasteiger partial charge in [0, 0.05) is 0 Å². The highest BCUT2D eigenvalue weighted by Crippen LogP contribution is 2.57. The van der Waals surface area contributed by atoms with Crippen LogP contribution in [0, 0.1) is 0 Å². The van der Waals surface area contributed by atoms with Crippen LogP contribution in [0.15, 0.2) is 121 Å². The van der Waals surface area contributed by atoms with Crippen molar-refractivity contribution in [1.82, 2.24) is 0 Å². The molecule has 0 aromatic heterocycles. The fourth-order valence-electron chi connectivity index (χ4n) is 4.91. The maximum absolute atomic E-state index is 2.40. The van der Waals surface area contributed by atoms with Gasteiger partial charge in [0.25, 0.3) is 0 Å². The molecule has 0 atom stereocenters. The van der Waals surface area contributed by atoms with E-state index in [-0.39, 0.29) is 24.9 Å². The molecule has 0 fully saturated rings. The Morgan fingerprint density at radius 2 is 0.914 bits per heavy atom. The molecule has 4 aromatic rings. The van der Waals surface area contributed by atoms with Gasteiger partial charge in [0.2, 0.25) is 0 Å². The summed E-state index contributed by atoms with van der Waals surface area (Å²) < 4.78 is 0. The first kappa shape index (κ1) is 27.8. The van der Waals surface area contributed by atoms with Crippen LogP contribution in [0.1, 0.15) is 32.6 Å². The first-order valence-electron chi connectivity index (χ1n) is 12.7. The molecule has 0 amide bonds. The lowest BCUT2D eigenvalue weighted by molar-refractivity contribution is 0.870. The summed E-state index contributed by atoms with van der Waals surface area (Å²) in [6, 6.07) is 45.2. The number of unbranched alkanes of at least 4 members (excludes halogenated alkanes) is 2. The van der Waals surface area contributed by atoms with Crippen LogP contribution < -0.4 is 21.2 Å². The van der Waals surface area contributed by atoms with Crippen molar-refractivity contribution in [2.24, 2.45) is 0 Å². The molecule has 3 heteroatoms. The normalized spacial score (nSPS) is 11.3. The third-order valence-corrected chi connectivity index (χ3v) is 14.0. The van der Waals surface area contributed by atoms with Gasteiger partial charge >= 0.3 is 0 Å². The van der Waals surface area contributed by atoms with Crippen LogP contribution in [0.5, 0.6) is 0 Å². The third kappa shape index (κ3) is 7.36. The van der Waals surface area contributed by atoms with Crippen LogP contribution in [0.25, 0.3) is 0 Å². The van der Waals surface area contributed by atoms with Crippen molar-refractivity contribution < 1.29 is 0 Å². The van der Waals surface area contributed by atoms with Crippen molar-refractivity contribution in [2.75, 3.05) is 18.5 Å². The van der Waals surface area contributed by atoms with E-state index in [2.05, 4.69) is 128 Å². The molecular formula is C32H38BrP2+. The molecule has 4 aromatic carbocycles. The van der Waals surface area contributed by atoms with E-state index in [4.69, 9.17) is 0 Å². The summed E-state index contributed by atoms with van der Waals surface area (Å²) in [5, 5.41) is 6.18. The second-order valence-corrected chi connectivity index (χ2v) is 15.2. The van der Waals surface area contributed by atoms with Gasteiger partial charge in [0.15, 0.2) is 0 Å². The van der Waals surface area contributed by atoms with Gasteiger partial charge in [-0.05, 0) is 68.2 Å². The van der Waals surface area contributed by atoms with E-state index in [0.29, 0.717) is 0 Å². The molecule has 0 aliphatic rings. The van der Waals surface area contributed by atoms with Gasteiger partial charge in [-0.25, -0.2) is 0 Å². The zero-order valence-electron chi connectivity index (χ0n) is 20.8. The number of hydrogen-bond donors (Lipinski definition) is 0. The van der Waals surface area contributed by atoms with Crippen LogP contribution in [0.4, 0.5) is 0 Å². The highest BCUT2D eigenvalue weighted by atomic mass is 79.9. The first-order valence-corrected chi connectivity index (χ1v) is 16.4. The summed E-state index contributed by atoms with van der Waals surface area (Å²) in [7, 11) is -1.72. The number of halogens is 1. The summed E-state index contributed by atoms with van der Waals surface area (Å²) in [6.07, 6.45) is 9.04. The Balaban J connectivity index is 0.00000342. The molecule has 0 aliphatic carbocycles. The smallest absolute Gasteiger partial charge is 0.0991 e. The number of hydrogen-bond acceptors (Lipinski definition) is 0. The van der Waals surface area contributed by atoms with E-state index in [1.54, 1.807) is 10.6 Å². The minimum Gasteiger partial charge on any atom is -0.114 e. The molecule has 4 rings (SSSR count). The van der Waals surface area contributed by atoms with Gasteiger partial charge < -0.3 is 0 Å². The van der Waals surface area contributed by atoms with Gasteiger partial charge in [-0.15, -0.1) is 17.0 Å². The molecule has 0 bridgehead atoms. The highest BCUT2D eigenvalue weighted by molar-refractivity contribution is 8.93. The van der Waals surface area contributed by atoms with Crippen molar-refractivity contribution in [1.29, 1.82) is 0 Å². The second-order valence-electron chi connectivity index (χ2n) is 8.97. The topological polar surface area (TPSA) is 0 Å². The molecule has 0 radical (unpaired) electrons. The van der Waals surface area contributed by atoms with E-state index in [1.807, 2.05) is 0 Å². The van der Waals surface area contributed by atoms with Crippen molar-refractivity contribution in [3.05, 3.63) is 121 Å². The van der Waals surface area contributed by atoms with Gasteiger partial charge in [0.05, 0.1) is 30.2 Å². The largest absolute Gasteiger partial charge is 0.114 e. The average molecular weight is 565 g/mol. The van der Waals surface area contributed by atoms with E-state index in [9.17, 15) is 0 Å². The summed E-state index contributed by atoms with van der Waals surface area (Å²) in [4.78, 5) is 0. The second kappa shape index (κ2) is 14.7. The van der Waals surface area contributed by atoms with Crippen molar-refractivity contribution in [2.45, 2.75) is 32.6 Å². The zero-order chi connectivity index (χ0) is 23.5. The molecule has 0 saturated heterocycles.